The summed E-state index contributed by atoms with van der Waals surface area (Å²) in [5, 5.41) is 0.369. The van der Waals surface area contributed by atoms with Gasteiger partial charge in [0.2, 0.25) is 0 Å². The summed E-state index contributed by atoms with van der Waals surface area (Å²) >= 11 is 2.91. The van der Waals surface area contributed by atoms with E-state index in [0.29, 0.717) is 17.1 Å². The number of piperidine rings is 1. The Morgan fingerprint density at radius 3 is 2.82 bits per heavy atom. The zero-order chi connectivity index (χ0) is 15.9. The Balaban J connectivity index is 2.23. The number of rotatable bonds is 2. The van der Waals surface area contributed by atoms with Crippen LogP contribution < -0.4 is 9.64 Å². The quantitative estimate of drug-likeness (QED) is 0.750. The molecule has 118 valence electrons. The van der Waals surface area contributed by atoms with E-state index in [1.165, 1.54) is 13.2 Å². The van der Waals surface area contributed by atoms with Crippen LogP contribution in [-0.2, 0) is 0 Å². The third-order valence-electron chi connectivity index (χ3n) is 3.93. The zero-order valence-electron chi connectivity index (χ0n) is 12.4. The van der Waals surface area contributed by atoms with E-state index in [0.717, 1.165) is 25.9 Å². The number of nitrogens with zero attached hydrogens (tertiary/aromatic N) is 3. The highest BCUT2D eigenvalue weighted by atomic mass is 79.9. The van der Waals surface area contributed by atoms with E-state index in [-0.39, 0.29) is 16.0 Å². The minimum absolute atomic E-state index is 0.0633. The lowest BCUT2D eigenvalue weighted by molar-refractivity contribution is 0.379. The molecule has 0 unspecified atom stereocenters. The third-order valence-corrected chi connectivity index (χ3v) is 4.65. The number of methoxy groups -OCH3 is 1. The Hall–Kier alpha value is -1.50. The van der Waals surface area contributed by atoms with Gasteiger partial charge in [0.1, 0.15) is 17.2 Å². The second-order valence-electron chi connectivity index (χ2n) is 5.61. The van der Waals surface area contributed by atoms with Gasteiger partial charge in [-0.3, -0.25) is 0 Å². The van der Waals surface area contributed by atoms with E-state index >= 15 is 0 Å². The Labute approximate surface area is 135 Å². The van der Waals surface area contributed by atoms with Gasteiger partial charge < -0.3 is 9.64 Å². The van der Waals surface area contributed by atoms with Crippen molar-refractivity contribution < 1.29 is 13.5 Å². The summed E-state index contributed by atoms with van der Waals surface area (Å²) in [6, 6.07) is 1.36. The van der Waals surface area contributed by atoms with Crippen molar-refractivity contribution in [1.29, 1.82) is 0 Å². The van der Waals surface area contributed by atoms with Gasteiger partial charge in [0, 0.05) is 18.5 Å². The molecule has 0 N–H and O–H groups in total. The van der Waals surface area contributed by atoms with Crippen LogP contribution in [0, 0.1) is 17.6 Å². The Morgan fingerprint density at radius 2 is 2.14 bits per heavy atom. The Morgan fingerprint density at radius 1 is 1.36 bits per heavy atom. The first kappa shape index (κ1) is 15.4. The molecule has 1 aliphatic heterocycles. The predicted octanol–water partition coefficient (Wildman–Crippen LogP) is 3.92. The first-order valence-electron chi connectivity index (χ1n) is 7.15. The van der Waals surface area contributed by atoms with Crippen LogP contribution in [0.2, 0.25) is 0 Å². The summed E-state index contributed by atoms with van der Waals surface area (Å²) in [4.78, 5) is 10.4. The van der Waals surface area contributed by atoms with Gasteiger partial charge in [-0.1, -0.05) is 6.92 Å². The largest absolute Gasteiger partial charge is 0.467 e. The summed E-state index contributed by atoms with van der Waals surface area (Å²) in [6.45, 7) is 3.76. The first-order valence-corrected chi connectivity index (χ1v) is 7.94. The smallest absolute Gasteiger partial charge is 0.318 e. The van der Waals surface area contributed by atoms with Crippen molar-refractivity contribution in [2.75, 3.05) is 25.1 Å². The van der Waals surface area contributed by atoms with Gasteiger partial charge >= 0.3 is 6.01 Å². The summed E-state index contributed by atoms with van der Waals surface area (Å²) in [5.41, 5.74) is 0.0633. The van der Waals surface area contributed by atoms with Crippen molar-refractivity contribution in [3.63, 3.8) is 0 Å². The Kier molecular flexibility index (Phi) is 4.16. The van der Waals surface area contributed by atoms with Crippen molar-refractivity contribution in [1.82, 2.24) is 9.97 Å². The monoisotopic (exact) mass is 371 g/mol. The van der Waals surface area contributed by atoms with E-state index in [1.54, 1.807) is 0 Å². The third kappa shape index (κ3) is 2.62. The number of fused-ring (bicyclic) bond motifs is 1. The van der Waals surface area contributed by atoms with Gasteiger partial charge in [-0.2, -0.15) is 9.97 Å². The van der Waals surface area contributed by atoms with Crippen LogP contribution in [0.5, 0.6) is 6.01 Å². The minimum Gasteiger partial charge on any atom is -0.467 e. The van der Waals surface area contributed by atoms with Gasteiger partial charge in [0.15, 0.2) is 5.82 Å². The number of ether oxygens (including phenoxy) is 1. The molecule has 0 radical (unpaired) electrons. The van der Waals surface area contributed by atoms with Gasteiger partial charge in [-0.15, -0.1) is 0 Å². The number of halogens is 3. The number of hydrogen-bond acceptors (Lipinski definition) is 4. The summed E-state index contributed by atoms with van der Waals surface area (Å²) < 4.78 is 33.1. The second-order valence-corrected chi connectivity index (χ2v) is 6.40. The molecule has 1 aromatic heterocycles. The van der Waals surface area contributed by atoms with Crippen LogP contribution in [0.1, 0.15) is 19.8 Å². The first-order chi connectivity index (χ1) is 10.5. The molecule has 0 saturated carbocycles. The summed E-state index contributed by atoms with van der Waals surface area (Å²) in [6.07, 6.45) is 2.17. The number of aromatic nitrogens is 2. The van der Waals surface area contributed by atoms with E-state index in [4.69, 9.17) is 4.74 Å². The molecule has 0 spiro atoms. The fourth-order valence-electron chi connectivity index (χ4n) is 2.85. The maximum absolute atomic E-state index is 14.3. The van der Waals surface area contributed by atoms with E-state index in [2.05, 4.69) is 32.8 Å². The maximum atomic E-state index is 14.3. The molecule has 7 heteroatoms. The SMILES string of the molecule is COc1nc(N2CCC[C@H](C)C2)c2cc(F)c(Br)c(F)c2n1. The maximum Gasteiger partial charge on any atom is 0.318 e. The highest BCUT2D eigenvalue weighted by molar-refractivity contribution is 9.10. The lowest BCUT2D eigenvalue weighted by Crippen LogP contribution is -2.35. The van der Waals surface area contributed by atoms with Gasteiger partial charge in [0.05, 0.1) is 11.6 Å². The lowest BCUT2D eigenvalue weighted by Gasteiger charge is -2.32. The molecule has 1 aliphatic rings. The van der Waals surface area contributed by atoms with Crippen molar-refractivity contribution in [2.45, 2.75) is 19.8 Å². The number of anilines is 1. The topological polar surface area (TPSA) is 38.2 Å². The average molecular weight is 372 g/mol. The van der Waals surface area contributed by atoms with Crippen LogP contribution in [-0.4, -0.2) is 30.2 Å². The standard InChI is InChI=1S/C15H16BrF2N3O/c1-8-4-3-5-21(7-8)14-9-6-10(17)11(16)12(18)13(9)19-15(20-14)22-2/h6,8H,3-5,7H2,1-2H3/t8-/m0/s1. The average Bonchev–Trinajstić information content (AvgIpc) is 2.52. The molecule has 2 aromatic rings. The molecule has 1 fully saturated rings. The highest BCUT2D eigenvalue weighted by Crippen LogP contribution is 2.34. The molecule has 4 nitrogen and oxygen atoms in total. The number of hydrogen-bond donors (Lipinski definition) is 0. The molecule has 0 amide bonds. The molecule has 2 heterocycles. The fraction of sp³-hybridized carbons (Fsp3) is 0.467. The molecule has 1 aromatic carbocycles. The zero-order valence-corrected chi connectivity index (χ0v) is 14.0. The second kappa shape index (κ2) is 5.95. The van der Waals surface area contributed by atoms with Crippen molar-refractivity contribution >= 4 is 32.7 Å². The van der Waals surface area contributed by atoms with Crippen LogP contribution in [0.15, 0.2) is 10.5 Å². The van der Waals surface area contributed by atoms with Gasteiger partial charge in [0.25, 0.3) is 0 Å². The molecule has 1 saturated heterocycles. The molecular weight excluding hydrogens is 356 g/mol. The van der Waals surface area contributed by atoms with E-state index in [9.17, 15) is 8.78 Å². The molecule has 0 aliphatic carbocycles. The van der Waals surface area contributed by atoms with Crippen LogP contribution in [0.25, 0.3) is 10.9 Å². The van der Waals surface area contributed by atoms with Crippen molar-refractivity contribution in [3.8, 4) is 6.01 Å². The lowest BCUT2D eigenvalue weighted by atomic mass is 10.00. The van der Waals surface area contributed by atoms with Crippen molar-refractivity contribution in [3.05, 3.63) is 22.2 Å². The summed E-state index contributed by atoms with van der Waals surface area (Å²) in [7, 11) is 1.43. The number of benzene rings is 1. The van der Waals surface area contributed by atoms with E-state index < -0.39 is 11.6 Å². The molecular formula is C15H16BrF2N3O. The normalized spacial score (nSPS) is 18.8. The highest BCUT2D eigenvalue weighted by Gasteiger charge is 2.24. The molecule has 0 bridgehead atoms. The van der Waals surface area contributed by atoms with Gasteiger partial charge in [-0.05, 0) is 40.8 Å². The van der Waals surface area contributed by atoms with E-state index in [1.807, 2.05) is 4.90 Å². The molecule has 22 heavy (non-hydrogen) atoms. The van der Waals surface area contributed by atoms with Crippen LogP contribution in [0.4, 0.5) is 14.6 Å². The molecule has 3 rings (SSSR count). The minimum atomic E-state index is -0.734. The predicted molar refractivity (Wildman–Crippen MR) is 84.3 cm³/mol. The molecule has 1 atom stereocenters. The Bertz CT molecular complexity index is 726. The van der Waals surface area contributed by atoms with Crippen molar-refractivity contribution in [2.24, 2.45) is 5.92 Å². The fourth-order valence-corrected chi connectivity index (χ4v) is 3.15. The van der Waals surface area contributed by atoms with Crippen LogP contribution in [0.3, 0.4) is 0 Å². The summed E-state index contributed by atoms with van der Waals surface area (Å²) in [5.74, 6) is -0.360. The van der Waals surface area contributed by atoms with Gasteiger partial charge in [-0.25, -0.2) is 8.78 Å². The van der Waals surface area contributed by atoms with Crippen LogP contribution >= 0.6 is 15.9 Å².